The van der Waals surface area contributed by atoms with Crippen molar-refractivity contribution in [3.63, 3.8) is 0 Å². The molecule has 0 fully saturated rings. The molecule has 0 saturated heterocycles. The summed E-state index contributed by atoms with van der Waals surface area (Å²) in [5.41, 5.74) is 12.7. The number of aliphatic carboxylic acids is 1. The van der Waals surface area contributed by atoms with Gasteiger partial charge in [-0.3, -0.25) is 28.8 Å². The number of unbranched alkanes of at least 4 members (excludes halogenated alkanes) is 1. The maximum Gasteiger partial charge on any atom is 0.325 e. The van der Waals surface area contributed by atoms with Gasteiger partial charge < -0.3 is 43.6 Å². The first-order valence-electron chi connectivity index (χ1n) is 12.2. The highest BCUT2D eigenvalue weighted by molar-refractivity contribution is 5.93. The number of nitrogens with two attached hydrogens (primary N) is 3. The molecule has 11 N–H and O–H groups in total. The molecule has 0 heterocycles. The summed E-state index contributed by atoms with van der Waals surface area (Å²) in [7, 11) is 0. The van der Waals surface area contributed by atoms with Gasteiger partial charge in [0.15, 0.2) is 2.82 Å². The number of hydrogen-bond acceptors (Lipinski definition) is 8. The standard InChI is InChI=1S/C20H37N7O7/c1-10(22)17(30)27-13(16(23)29)7-8-15(28)26-14(6-4-5-9-21)19(32)24-11(2)18(31)25-12(3)20(33)34/h10-14H,4-9,21-22H2,1-3H3,(H2,23,29)(H,24,32)(H,25,31)(H,26,28)(H,27,30)(H,33,34)/t10-,11-,12-,13-,14-/m0/s1/i/hD3. The average molecular weight is 491 g/mol. The minimum Gasteiger partial charge on any atom is -0.480 e. The SMILES string of the molecule is [2H]N[C@@H](C)C(=O)N[C@@H](CCC(=O)N([2H])[C@@H](CCCCN)C(=O)N([2H])[C@@H](C)C(=O)N[C@@H](C)C(=O)O)C(N)=O. The molecule has 0 aliphatic heterocycles. The van der Waals surface area contributed by atoms with E-state index < -0.39 is 72.1 Å². The fourth-order valence-electron chi connectivity index (χ4n) is 2.54. The number of hydrogen-bond donors (Lipinski definition) is 8. The van der Waals surface area contributed by atoms with Crippen LogP contribution in [0, 0.1) is 0 Å². The molecule has 0 aromatic carbocycles. The molecule has 0 aromatic rings. The Morgan fingerprint density at radius 3 is 2.06 bits per heavy atom. The van der Waals surface area contributed by atoms with Crippen LogP contribution in [0.4, 0.5) is 0 Å². The van der Waals surface area contributed by atoms with Gasteiger partial charge in [-0.1, -0.05) is 0 Å². The van der Waals surface area contributed by atoms with Crippen molar-refractivity contribution in [1.82, 2.24) is 21.3 Å². The summed E-state index contributed by atoms with van der Waals surface area (Å²) in [6, 6.07) is -6.42. The lowest BCUT2D eigenvalue weighted by Gasteiger charge is -2.22. The molecule has 0 unspecified atom stereocenters. The number of primary amides is 1. The fraction of sp³-hybridized carbons (Fsp3) is 0.700. The predicted molar refractivity (Wildman–Crippen MR) is 122 cm³/mol. The lowest BCUT2D eigenvalue weighted by Crippen LogP contribution is -2.54. The van der Waals surface area contributed by atoms with Gasteiger partial charge in [0.25, 0.3) is 0 Å². The maximum absolute atomic E-state index is 13.0. The second-order valence-corrected chi connectivity index (χ2v) is 7.76. The first kappa shape index (κ1) is 25.4. The second kappa shape index (κ2) is 15.6. The zero-order valence-corrected chi connectivity index (χ0v) is 19.6. The van der Waals surface area contributed by atoms with Crippen LogP contribution in [0.1, 0.15) is 52.9 Å². The van der Waals surface area contributed by atoms with Crippen molar-refractivity contribution in [1.29, 1.82) is 0 Å². The van der Waals surface area contributed by atoms with E-state index in [1.165, 1.54) is 20.8 Å². The average Bonchev–Trinajstić information content (AvgIpc) is 2.85. The van der Waals surface area contributed by atoms with E-state index in [2.05, 4.69) is 10.6 Å². The van der Waals surface area contributed by atoms with E-state index in [9.17, 15) is 28.8 Å². The fourth-order valence-corrected chi connectivity index (χ4v) is 2.54. The quantitative estimate of drug-likeness (QED) is 0.0954. The lowest BCUT2D eigenvalue weighted by atomic mass is 10.1. The molecule has 0 rings (SSSR count). The first-order valence-corrected chi connectivity index (χ1v) is 10.8. The van der Waals surface area contributed by atoms with Crippen LogP contribution < -0.4 is 38.4 Å². The van der Waals surface area contributed by atoms with Crippen molar-refractivity contribution < 1.29 is 38.1 Å². The van der Waals surface area contributed by atoms with Crippen LogP contribution >= 0.6 is 0 Å². The molecular formula is C20H37N7O7. The molecule has 0 spiro atoms. The van der Waals surface area contributed by atoms with Crippen molar-refractivity contribution in [3.8, 4) is 0 Å². The van der Waals surface area contributed by atoms with Crippen LogP contribution in [-0.2, 0) is 28.8 Å². The Kier molecular flexibility index (Phi) is 11.6. The summed E-state index contributed by atoms with van der Waals surface area (Å²) in [5, 5.41) is 14.0. The van der Waals surface area contributed by atoms with Crippen LogP contribution in [0.2, 0.25) is 4.24 Å². The van der Waals surface area contributed by atoms with Crippen molar-refractivity contribution in [2.75, 3.05) is 6.54 Å². The second-order valence-electron chi connectivity index (χ2n) is 7.76. The molecule has 0 aromatic heterocycles. The number of nitrogens with one attached hydrogen (secondary N) is 4. The van der Waals surface area contributed by atoms with Crippen molar-refractivity contribution >= 4 is 35.5 Å². The molecule has 5 amide bonds. The summed E-state index contributed by atoms with van der Waals surface area (Å²) in [4.78, 5) is 72.5. The predicted octanol–water partition coefficient (Wildman–Crippen LogP) is -3.21. The minimum absolute atomic E-state index is 0.0524. The molecule has 34 heavy (non-hydrogen) atoms. The van der Waals surface area contributed by atoms with Gasteiger partial charge in [-0.25, -0.2) is 0 Å². The molecule has 0 bridgehead atoms. The summed E-state index contributed by atoms with van der Waals surface area (Å²) >= 11 is 0. The molecule has 0 aliphatic carbocycles. The Morgan fingerprint density at radius 1 is 0.882 bits per heavy atom. The third-order valence-corrected chi connectivity index (χ3v) is 4.65. The van der Waals surface area contributed by atoms with Gasteiger partial charge in [0.2, 0.25) is 29.5 Å². The lowest BCUT2D eigenvalue weighted by molar-refractivity contribution is -0.141. The Morgan fingerprint density at radius 2 is 1.53 bits per heavy atom. The maximum atomic E-state index is 13.0. The highest BCUT2D eigenvalue weighted by Crippen LogP contribution is 2.04. The van der Waals surface area contributed by atoms with E-state index in [1.807, 2.05) is 5.73 Å². The van der Waals surface area contributed by atoms with E-state index in [0.717, 1.165) is 0 Å². The molecule has 194 valence electrons. The number of carboxylic acid groups (broad SMARTS) is 1. The molecule has 0 aliphatic rings. The summed E-state index contributed by atoms with van der Waals surface area (Å²) in [5.74, 6) is -5.86. The van der Waals surface area contributed by atoms with Crippen molar-refractivity contribution in [2.45, 2.75) is 83.1 Å². The number of carboxylic acids is 1. The molecule has 0 saturated carbocycles. The molecule has 5 atom stereocenters. The van der Waals surface area contributed by atoms with Gasteiger partial charge in [-0.05, 0) is 53.0 Å². The van der Waals surface area contributed by atoms with Crippen molar-refractivity contribution in [2.24, 2.45) is 17.2 Å². The van der Waals surface area contributed by atoms with Gasteiger partial charge in [0, 0.05) is 6.42 Å². The van der Waals surface area contributed by atoms with Gasteiger partial charge in [0.1, 0.15) is 25.6 Å². The van der Waals surface area contributed by atoms with Crippen LogP contribution in [-0.4, -0.2) is 77.4 Å². The topological polar surface area (TPSA) is 249 Å². The molecular weight excluding hydrogens is 450 g/mol. The van der Waals surface area contributed by atoms with Gasteiger partial charge >= 0.3 is 5.97 Å². The normalized spacial score (nSPS) is 16.3. The van der Waals surface area contributed by atoms with E-state index in [0.29, 0.717) is 18.2 Å². The van der Waals surface area contributed by atoms with Crippen LogP contribution in [0.15, 0.2) is 0 Å². The third-order valence-electron chi connectivity index (χ3n) is 4.65. The number of carbonyl (C=O) groups is 6. The summed E-state index contributed by atoms with van der Waals surface area (Å²) < 4.78 is 23.3. The number of carbonyl (C=O) groups excluding carboxylic acids is 5. The van der Waals surface area contributed by atoms with Gasteiger partial charge in [-0.15, -0.1) is 0 Å². The minimum atomic E-state index is -1.47. The van der Waals surface area contributed by atoms with Crippen molar-refractivity contribution in [3.05, 3.63) is 0 Å². The Balaban J connectivity index is 5.49. The third kappa shape index (κ3) is 12.1. The van der Waals surface area contributed by atoms with E-state index in [1.54, 1.807) is 0 Å². The largest absolute Gasteiger partial charge is 0.480 e. The highest BCUT2D eigenvalue weighted by Gasteiger charge is 2.27. The van der Waals surface area contributed by atoms with Crippen LogP contribution in [0.25, 0.3) is 0 Å². The Labute approximate surface area is 202 Å². The Hall–Kier alpha value is -3.26. The van der Waals surface area contributed by atoms with Crippen LogP contribution in [0.3, 0.4) is 0 Å². The highest BCUT2D eigenvalue weighted by atomic mass is 16.4. The first-order chi connectivity index (χ1) is 17.2. The van der Waals surface area contributed by atoms with E-state index in [-0.39, 0.29) is 24.7 Å². The monoisotopic (exact) mass is 490 g/mol. The number of amides is 5. The summed E-state index contributed by atoms with van der Waals surface area (Å²) in [6.45, 7) is 4.03. The number of rotatable bonds is 17. The molecule has 14 nitrogen and oxygen atoms in total. The zero-order valence-electron chi connectivity index (χ0n) is 22.6. The van der Waals surface area contributed by atoms with Crippen LogP contribution in [0.5, 0.6) is 0 Å². The van der Waals surface area contributed by atoms with Gasteiger partial charge in [0.05, 0.1) is 6.04 Å². The zero-order chi connectivity index (χ0) is 28.9. The Bertz CT molecular complexity index is 836. The molecule has 0 radical (unpaired) electrons. The molecule has 14 heteroatoms. The summed E-state index contributed by atoms with van der Waals surface area (Å²) in [6.07, 6.45) is -0.0414. The van der Waals surface area contributed by atoms with E-state index in [4.69, 9.17) is 20.8 Å². The van der Waals surface area contributed by atoms with E-state index >= 15 is 0 Å². The smallest absolute Gasteiger partial charge is 0.325 e. The van der Waals surface area contributed by atoms with Gasteiger partial charge in [-0.2, -0.15) is 0 Å².